The molecule has 4 nitrogen and oxygen atoms in total. The Labute approximate surface area is 94.6 Å². The van der Waals surface area contributed by atoms with E-state index in [1.54, 1.807) is 31.2 Å². The van der Waals surface area contributed by atoms with Crippen molar-refractivity contribution < 1.29 is 14.6 Å². The van der Waals surface area contributed by atoms with Crippen LogP contribution in [0.1, 0.15) is 19.4 Å². The van der Waals surface area contributed by atoms with Crippen molar-refractivity contribution in [3.63, 3.8) is 0 Å². The van der Waals surface area contributed by atoms with Crippen LogP contribution < -0.4 is 10.1 Å². The third-order valence-electron chi connectivity index (χ3n) is 1.96. The number of aromatic hydroxyl groups is 1. The van der Waals surface area contributed by atoms with E-state index in [0.717, 1.165) is 11.3 Å². The van der Waals surface area contributed by atoms with Gasteiger partial charge in [-0.3, -0.25) is 4.79 Å². The number of phenols is 1. The van der Waals surface area contributed by atoms with E-state index in [2.05, 4.69) is 5.32 Å². The van der Waals surface area contributed by atoms with Crippen molar-refractivity contribution >= 4 is 12.0 Å². The number of benzene rings is 1. The number of rotatable bonds is 3. The molecular weight excluding hydrogens is 206 g/mol. The van der Waals surface area contributed by atoms with Gasteiger partial charge >= 0.3 is 0 Å². The average Bonchev–Trinajstić information content (AvgIpc) is 2.19. The first-order valence-corrected chi connectivity index (χ1v) is 4.86. The van der Waals surface area contributed by atoms with Gasteiger partial charge in [-0.1, -0.05) is 6.07 Å². The van der Waals surface area contributed by atoms with Gasteiger partial charge in [0, 0.05) is 12.6 Å². The minimum absolute atomic E-state index is 0.0943. The molecule has 0 saturated heterocycles. The Balaban J connectivity index is 2.93. The summed E-state index contributed by atoms with van der Waals surface area (Å²) in [4.78, 5) is 10.8. The van der Waals surface area contributed by atoms with Gasteiger partial charge in [-0.05, 0) is 30.7 Å². The highest BCUT2D eigenvalue weighted by molar-refractivity contribution is 5.76. The zero-order chi connectivity index (χ0) is 12.1. The molecule has 16 heavy (non-hydrogen) atoms. The summed E-state index contributed by atoms with van der Waals surface area (Å²) >= 11 is 0. The highest BCUT2D eigenvalue weighted by Gasteiger charge is 2.01. The van der Waals surface area contributed by atoms with Crippen LogP contribution in [0.15, 0.2) is 23.9 Å². The van der Waals surface area contributed by atoms with E-state index in [1.165, 1.54) is 14.0 Å². The van der Waals surface area contributed by atoms with Crippen LogP contribution >= 0.6 is 0 Å². The predicted molar refractivity (Wildman–Crippen MR) is 62.1 cm³/mol. The molecule has 0 spiro atoms. The summed E-state index contributed by atoms with van der Waals surface area (Å²) in [5.41, 5.74) is 1.58. The Morgan fingerprint density at radius 2 is 2.12 bits per heavy atom. The van der Waals surface area contributed by atoms with Gasteiger partial charge < -0.3 is 15.2 Å². The summed E-state index contributed by atoms with van der Waals surface area (Å²) in [7, 11) is 1.49. The molecule has 1 aromatic carbocycles. The lowest BCUT2D eigenvalue weighted by Crippen LogP contribution is -2.16. The minimum Gasteiger partial charge on any atom is -0.504 e. The molecule has 0 aliphatic carbocycles. The number of hydrogen-bond acceptors (Lipinski definition) is 3. The summed E-state index contributed by atoms with van der Waals surface area (Å²) in [5.74, 6) is 0.390. The second-order valence-electron chi connectivity index (χ2n) is 3.44. The zero-order valence-corrected chi connectivity index (χ0v) is 9.57. The highest BCUT2D eigenvalue weighted by Crippen LogP contribution is 2.26. The van der Waals surface area contributed by atoms with Crippen molar-refractivity contribution in [2.24, 2.45) is 0 Å². The van der Waals surface area contributed by atoms with Crippen molar-refractivity contribution in [2.75, 3.05) is 7.11 Å². The normalized spacial score (nSPS) is 11.1. The fourth-order valence-electron chi connectivity index (χ4n) is 1.35. The van der Waals surface area contributed by atoms with E-state index in [-0.39, 0.29) is 11.7 Å². The summed E-state index contributed by atoms with van der Waals surface area (Å²) in [6, 6.07) is 4.98. The van der Waals surface area contributed by atoms with Crippen LogP contribution in [0.3, 0.4) is 0 Å². The molecule has 0 radical (unpaired) electrons. The number of methoxy groups -OCH3 is 1. The number of ether oxygens (including phenoxy) is 1. The van der Waals surface area contributed by atoms with Gasteiger partial charge in [0.15, 0.2) is 11.5 Å². The van der Waals surface area contributed by atoms with Gasteiger partial charge in [-0.25, -0.2) is 0 Å². The molecule has 0 saturated carbocycles. The number of phenolic OH excluding ortho intramolecular Hbond substituents is 1. The van der Waals surface area contributed by atoms with Crippen LogP contribution in [0.2, 0.25) is 0 Å². The Morgan fingerprint density at radius 3 is 2.69 bits per heavy atom. The van der Waals surface area contributed by atoms with E-state index < -0.39 is 0 Å². The van der Waals surface area contributed by atoms with Gasteiger partial charge in [0.25, 0.3) is 0 Å². The van der Waals surface area contributed by atoms with Crippen LogP contribution in [0.4, 0.5) is 0 Å². The molecule has 0 heterocycles. The van der Waals surface area contributed by atoms with E-state index in [4.69, 9.17) is 4.74 Å². The minimum atomic E-state index is -0.112. The molecule has 4 heteroatoms. The smallest absolute Gasteiger partial charge is 0.220 e. The monoisotopic (exact) mass is 221 g/mol. The fraction of sp³-hybridized carbons (Fsp3) is 0.250. The molecule has 0 aliphatic heterocycles. The number of hydrogen-bond donors (Lipinski definition) is 2. The molecule has 0 fully saturated rings. The van der Waals surface area contributed by atoms with Gasteiger partial charge in [0.1, 0.15) is 0 Å². The highest BCUT2D eigenvalue weighted by atomic mass is 16.5. The predicted octanol–water partition coefficient (Wildman–Crippen LogP) is 1.90. The second kappa shape index (κ2) is 5.21. The van der Waals surface area contributed by atoms with E-state index in [0.29, 0.717) is 5.75 Å². The first-order valence-electron chi connectivity index (χ1n) is 4.86. The van der Waals surface area contributed by atoms with Gasteiger partial charge in [0.05, 0.1) is 7.11 Å². The number of amides is 1. The van der Waals surface area contributed by atoms with Gasteiger partial charge in [0.2, 0.25) is 5.91 Å². The maximum Gasteiger partial charge on any atom is 0.220 e. The maximum absolute atomic E-state index is 10.8. The maximum atomic E-state index is 10.8. The van der Waals surface area contributed by atoms with Gasteiger partial charge in [-0.2, -0.15) is 0 Å². The first kappa shape index (κ1) is 12.1. The first-order chi connectivity index (χ1) is 7.52. The van der Waals surface area contributed by atoms with Crippen LogP contribution in [0, 0.1) is 0 Å². The van der Waals surface area contributed by atoms with Crippen molar-refractivity contribution in [1.82, 2.24) is 5.32 Å². The zero-order valence-electron chi connectivity index (χ0n) is 9.57. The largest absolute Gasteiger partial charge is 0.504 e. The molecule has 1 aromatic rings. The fourth-order valence-corrected chi connectivity index (χ4v) is 1.35. The third-order valence-corrected chi connectivity index (χ3v) is 1.96. The lowest BCUT2D eigenvalue weighted by atomic mass is 10.1. The molecule has 0 atom stereocenters. The second-order valence-corrected chi connectivity index (χ2v) is 3.44. The Bertz CT molecular complexity index is 424. The lowest BCUT2D eigenvalue weighted by molar-refractivity contribution is -0.118. The molecule has 0 unspecified atom stereocenters. The topological polar surface area (TPSA) is 58.6 Å². The molecule has 86 valence electrons. The number of carbonyl (C=O) groups is 1. The summed E-state index contributed by atoms with van der Waals surface area (Å²) < 4.78 is 4.98. The standard InChI is InChI=1S/C12H15NO3/c1-8(13-9(2)14)6-10-4-5-11(15)12(7-10)16-3/h4-7,15H,1-3H3,(H,13,14)/b8-6+. The van der Waals surface area contributed by atoms with Crippen LogP contribution in [-0.2, 0) is 4.79 Å². The quantitative estimate of drug-likeness (QED) is 0.819. The van der Waals surface area contributed by atoms with Gasteiger partial charge in [-0.15, -0.1) is 0 Å². The Kier molecular flexibility index (Phi) is 3.94. The molecule has 2 N–H and O–H groups in total. The lowest BCUT2D eigenvalue weighted by Gasteiger charge is -2.05. The van der Waals surface area contributed by atoms with Crippen LogP contribution in [0.25, 0.3) is 6.08 Å². The van der Waals surface area contributed by atoms with Crippen molar-refractivity contribution in [2.45, 2.75) is 13.8 Å². The van der Waals surface area contributed by atoms with Crippen LogP contribution in [0.5, 0.6) is 11.5 Å². The van der Waals surface area contributed by atoms with Crippen molar-refractivity contribution in [3.8, 4) is 11.5 Å². The van der Waals surface area contributed by atoms with Crippen molar-refractivity contribution in [1.29, 1.82) is 0 Å². The molecule has 0 aromatic heterocycles. The Morgan fingerprint density at radius 1 is 1.44 bits per heavy atom. The number of carbonyl (C=O) groups excluding carboxylic acids is 1. The average molecular weight is 221 g/mol. The number of nitrogens with one attached hydrogen (secondary N) is 1. The molecular formula is C12H15NO3. The number of allylic oxidation sites excluding steroid dienone is 1. The third kappa shape index (κ3) is 3.31. The van der Waals surface area contributed by atoms with E-state index >= 15 is 0 Å². The Hall–Kier alpha value is -1.97. The molecule has 1 amide bonds. The summed E-state index contributed by atoms with van der Waals surface area (Å²) in [5, 5.41) is 12.1. The van der Waals surface area contributed by atoms with E-state index in [9.17, 15) is 9.90 Å². The van der Waals surface area contributed by atoms with Crippen LogP contribution in [-0.4, -0.2) is 18.1 Å². The summed E-state index contributed by atoms with van der Waals surface area (Å²) in [6.45, 7) is 3.25. The van der Waals surface area contributed by atoms with E-state index in [1.807, 2.05) is 0 Å². The SMILES string of the molecule is COc1cc(/C=C(\C)NC(C)=O)ccc1O. The molecule has 0 bridgehead atoms. The molecule has 0 aliphatic rings. The molecule has 1 rings (SSSR count). The van der Waals surface area contributed by atoms with Crippen molar-refractivity contribution in [3.05, 3.63) is 29.5 Å². The summed E-state index contributed by atoms with van der Waals surface area (Å²) in [6.07, 6.45) is 1.80.